The number of phenolic OH excluding ortho intramolecular Hbond substituents is 1. The Balaban J connectivity index is 3.31. The summed E-state index contributed by atoms with van der Waals surface area (Å²) in [6.07, 6.45) is -1.44. The number of hydrogen-bond acceptors (Lipinski definition) is 3. The predicted molar refractivity (Wildman–Crippen MR) is 59.0 cm³/mol. The monoisotopic (exact) mass is 241 g/mol. The van der Waals surface area contributed by atoms with E-state index in [2.05, 4.69) is 4.99 Å². The number of hydrogen-bond donors (Lipinski definition) is 1. The third kappa shape index (κ3) is 3.11. The number of benzene rings is 1. The van der Waals surface area contributed by atoms with Crippen LogP contribution in [0.2, 0.25) is 0 Å². The first-order valence-corrected chi connectivity index (χ1v) is 5.14. The normalized spacial score (nSPS) is 10.7. The molecular weight excluding hydrogens is 228 g/mol. The summed E-state index contributed by atoms with van der Waals surface area (Å²) in [6, 6.07) is 2.85. The van der Waals surface area contributed by atoms with Crippen molar-refractivity contribution in [1.82, 2.24) is 0 Å². The molecule has 0 spiro atoms. The van der Waals surface area contributed by atoms with Crippen molar-refractivity contribution in [3.63, 3.8) is 0 Å². The van der Waals surface area contributed by atoms with Crippen LogP contribution < -0.4 is 0 Å². The fraction of sp³-hybridized carbons (Fsp3) is 0.417. The minimum atomic E-state index is -2.76. The first-order chi connectivity index (χ1) is 7.97. The largest absolute Gasteiger partial charge is 0.507 e. The molecule has 1 rings (SSSR count). The van der Waals surface area contributed by atoms with Gasteiger partial charge in [-0.1, -0.05) is 13.8 Å². The van der Waals surface area contributed by atoms with Crippen molar-refractivity contribution in [2.45, 2.75) is 32.7 Å². The Labute approximate surface area is 97.8 Å². The third-order valence-electron chi connectivity index (χ3n) is 2.46. The van der Waals surface area contributed by atoms with Crippen LogP contribution in [0.15, 0.2) is 17.1 Å². The minimum absolute atomic E-state index is 0.0482. The van der Waals surface area contributed by atoms with Gasteiger partial charge in [-0.2, -0.15) is 0 Å². The van der Waals surface area contributed by atoms with E-state index in [0.717, 1.165) is 0 Å². The lowest BCUT2D eigenvalue weighted by molar-refractivity contribution is 0.147. The molecule has 17 heavy (non-hydrogen) atoms. The van der Waals surface area contributed by atoms with Crippen molar-refractivity contribution in [1.29, 1.82) is 0 Å². The molecule has 0 fully saturated rings. The zero-order valence-electron chi connectivity index (χ0n) is 9.58. The standard InChI is InChI=1S/C12H13F2NO2/c1-7(2)8-3-9(5-15-6-16)11(17)10(4-8)12(13)14/h3-4,7,12,17H,5H2,1-2H3. The summed E-state index contributed by atoms with van der Waals surface area (Å²) in [4.78, 5) is 13.3. The quantitative estimate of drug-likeness (QED) is 0.649. The maximum absolute atomic E-state index is 12.7. The summed E-state index contributed by atoms with van der Waals surface area (Å²) < 4.78 is 25.4. The lowest BCUT2D eigenvalue weighted by Gasteiger charge is -2.13. The molecule has 0 bridgehead atoms. The van der Waals surface area contributed by atoms with Crippen LogP contribution >= 0.6 is 0 Å². The van der Waals surface area contributed by atoms with E-state index in [4.69, 9.17) is 0 Å². The zero-order valence-corrected chi connectivity index (χ0v) is 9.58. The minimum Gasteiger partial charge on any atom is -0.507 e. The van der Waals surface area contributed by atoms with E-state index in [0.29, 0.717) is 5.56 Å². The van der Waals surface area contributed by atoms with Gasteiger partial charge in [-0.25, -0.2) is 18.6 Å². The molecule has 0 aliphatic carbocycles. The van der Waals surface area contributed by atoms with Crippen LogP contribution in [0.5, 0.6) is 5.75 Å². The molecule has 92 valence electrons. The second-order valence-electron chi connectivity index (χ2n) is 3.98. The van der Waals surface area contributed by atoms with Crippen LogP contribution in [0, 0.1) is 0 Å². The van der Waals surface area contributed by atoms with Gasteiger partial charge in [0.1, 0.15) is 5.75 Å². The summed E-state index contributed by atoms with van der Waals surface area (Å²) >= 11 is 0. The Hall–Kier alpha value is -1.74. The van der Waals surface area contributed by atoms with Crippen molar-refractivity contribution in [3.8, 4) is 5.75 Å². The molecule has 5 heteroatoms. The number of nitrogens with zero attached hydrogens (tertiary/aromatic N) is 1. The van der Waals surface area contributed by atoms with E-state index in [9.17, 15) is 18.7 Å². The second kappa shape index (κ2) is 5.55. The summed E-state index contributed by atoms with van der Waals surface area (Å²) in [6.45, 7) is 3.57. The maximum atomic E-state index is 12.7. The fourth-order valence-corrected chi connectivity index (χ4v) is 1.48. The van der Waals surface area contributed by atoms with Crippen LogP contribution in [-0.4, -0.2) is 11.2 Å². The highest BCUT2D eigenvalue weighted by molar-refractivity contribution is 5.46. The van der Waals surface area contributed by atoms with Crippen LogP contribution in [0.3, 0.4) is 0 Å². The molecule has 3 nitrogen and oxygen atoms in total. The van der Waals surface area contributed by atoms with Crippen LogP contribution in [0.1, 0.15) is 42.9 Å². The SMILES string of the molecule is CC(C)c1cc(CN=C=O)c(O)c(C(F)F)c1. The highest BCUT2D eigenvalue weighted by atomic mass is 19.3. The third-order valence-corrected chi connectivity index (χ3v) is 2.46. The number of rotatable bonds is 4. The molecule has 0 amide bonds. The molecule has 0 atom stereocenters. The predicted octanol–water partition coefficient (Wildman–Crippen LogP) is 3.29. The number of phenols is 1. The van der Waals surface area contributed by atoms with Gasteiger partial charge in [-0.05, 0) is 23.6 Å². The molecule has 1 N–H and O–H groups in total. The Morgan fingerprint density at radius 3 is 2.53 bits per heavy atom. The first kappa shape index (κ1) is 13.3. The maximum Gasteiger partial charge on any atom is 0.267 e. The molecule has 0 heterocycles. The Morgan fingerprint density at radius 2 is 2.06 bits per heavy atom. The Bertz CT molecular complexity index is 452. The highest BCUT2D eigenvalue weighted by Crippen LogP contribution is 2.34. The number of carbonyl (C=O) groups excluding carboxylic acids is 1. The Kier molecular flexibility index (Phi) is 4.35. The van der Waals surface area contributed by atoms with Gasteiger partial charge >= 0.3 is 0 Å². The van der Waals surface area contributed by atoms with Crippen molar-refractivity contribution in [3.05, 3.63) is 28.8 Å². The molecule has 0 radical (unpaired) electrons. The van der Waals surface area contributed by atoms with E-state index in [1.54, 1.807) is 6.07 Å². The molecule has 1 aromatic carbocycles. The van der Waals surface area contributed by atoms with Gasteiger partial charge < -0.3 is 5.11 Å². The van der Waals surface area contributed by atoms with Crippen molar-refractivity contribution in [2.75, 3.05) is 0 Å². The van der Waals surface area contributed by atoms with E-state index < -0.39 is 17.7 Å². The van der Waals surface area contributed by atoms with Gasteiger partial charge in [0, 0.05) is 5.56 Å². The number of isocyanates is 1. The summed E-state index contributed by atoms with van der Waals surface area (Å²) in [5.74, 6) is -0.449. The topological polar surface area (TPSA) is 49.7 Å². The van der Waals surface area contributed by atoms with Crippen molar-refractivity contribution < 1.29 is 18.7 Å². The number of halogens is 2. The molecule has 0 aliphatic heterocycles. The van der Waals surface area contributed by atoms with Gasteiger partial charge in [-0.3, -0.25) is 0 Å². The number of alkyl halides is 2. The van der Waals surface area contributed by atoms with Crippen molar-refractivity contribution in [2.24, 2.45) is 4.99 Å². The summed E-state index contributed by atoms with van der Waals surface area (Å²) in [7, 11) is 0. The van der Waals surface area contributed by atoms with E-state index in [1.807, 2.05) is 13.8 Å². The highest BCUT2D eigenvalue weighted by Gasteiger charge is 2.18. The van der Waals surface area contributed by atoms with Gasteiger partial charge in [0.2, 0.25) is 6.08 Å². The summed E-state index contributed by atoms with van der Waals surface area (Å²) in [5.41, 5.74) is 0.469. The zero-order chi connectivity index (χ0) is 13.0. The molecule has 0 aliphatic rings. The molecule has 0 saturated carbocycles. The molecule has 0 aromatic heterocycles. The number of aliphatic imine (C=N–C) groups is 1. The van der Waals surface area contributed by atoms with Crippen LogP contribution in [0.25, 0.3) is 0 Å². The van der Waals surface area contributed by atoms with Crippen molar-refractivity contribution >= 4 is 6.08 Å². The van der Waals surface area contributed by atoms with E-state index in [1.165, 1.54) is 12.1 Å². The molecule has 0 saturated heterocycles. The van der Waals surface area contributed by atoms with Crippen LogP contribution in [-0.2, 0) is 11.3 Å². The molecule has 0 unspecified atom stereocenters. The van der Waals surface area contributed by atoms with E-state index in [-0.39, 0.29) is 18.0 Å². The lowest BCUT2D eigenvalue weighted by atomic mass is 9.96. The molecular formula is C12H13F2NO2. The smallest absolute Gasteiger partial charge is 0.267 e. The molecule has 1 aromatic rings. The first-order valence-electron chi connectivity index (χ1n) is 5.14. The average Bonchev–Trinajstić information content (AvgIpc) is 2.26. The van der Waals surface area contributed by atoms with Gasteiger partial charge in [0.25, 0.3) is 6.43 Å². The average molecular weight is 241 g/mol. The van der Waals surface area contributed by atoms with Crippen LogP contribution in [0.4, 0.5) is 8.78 Å². The van der Waals surface area contributed by atoms with E-state index >= 15 is 0 Å². The Morgan fingerprint density at radius 1 is 1.41 bits per heavy atom. The van der Waals surface area contributed by atoms with Gasteiger partial charge in [-0.15, -0.1) is 0 Å². The fourth-order valence-electron chi connectivity index (χ4n) is 1.48. The van der Waals surface area contributed by atoms with Gasteiger partial charge in [0.05, 0.1) is 12.1 Å². The second-order valence-corrected chi connectivity index (χ2v) is 3.98. The lowest BCUT2D eigenvalue weighted by Crippen LogP contribution is -1.97. The van der Waals surface area contributed by atoms with Gasteiger partial charge in [0.15, 0.2) is 0 Å². The summed E-state index contributed by atoms with van der Waals surface area (Å²) in [5, 5.41) is 9.62. The number of aromatic hydroxyl groups is 1.